The number of rotatable bonds is 8. The highest BCUT2D eigenvalue weighted by Crippen LogP contribution is 2.44. The fourth-order valence-corrected chi connectivity index (χ4v) is 4.70. The molecule has 39 heavy (non-hydrogen) atoms. The van der Waals surface area contributed by atoms with Crippen LogP contribution in [0.15, 0.2) is 72.3 Å². The average Bonchev–Trinajstić information content (AvgIpc) is 3.18. The molecular formula is C32H35NO6. The lowest BCUT2D eigenvalue weighted by Crippen LogP contribution is -2.29. The number of amides is 1. The Labute approximate surface area is 229 Å². The van der Waals surface area contributed by atoms with E-state index in [1.54, 1.807) is 49.6 Å². The van der Waals surface area contributed by atoms with Crippen molar-refractivity contribution in [2.75, 3.05) is 25.2 Å². The van der Waals surface area contributed by atoms with Crippen LogP contribution in [0.2, 0.25) is 0 Å². The summed E-state index contributed by atoms with van der Waals surface area (Å²) >= 11 is 0. The first-order valence-corrected chi connectivity index (χ1v) is 13.1. The van der Waals surface area contributed by atoms with E-state index in [1.807, 2.05) is 38.1 Å². The number of hydrogen-bond acceptors (Lipinski definition) is 6. The summed E-state index contributed by atoms with van der Waals surface area (Å²) in [5, 5.41) is 11.6. The number of aliphatic hydroxyl groups excluding tert-OH is 1. The number of benzene rings is 3. The summed E-state index contributed by atoms with van der Waals surface area (Å²) in [6.45, 7) is 10.9. The number of anilines is 1. The number of carbonyl (C=O) groups excluding carboxylic acids is 2. The highest BCUT2D eigenvalue weighted by Gasteiger charge is 2.47. The molecule has 3 aromatic carbocycles. The Morgan fingerprint density at radius 2 is 1.49 bits per heavy atom. The van der Waals surface area contributed by atoms with Gasteiger partial charge in [0.15, 0.2) is 0 Å². The van der Waals surface area contributed by atoms with Crippen LogP contribution in [0.4, 0.5) is 5.69 Å². The van der Waals surface area contributed by atoms with Crippen molar-refractivity contribution in [3.05, 3.63) is 89.0 Å². The molecule has 0 radical (unpaired) electrons. The second-order valence-corrected chi connectivity index (χ2v) is 10.3. The van der Waals surface area contributed by atoms with Crippen molar-refractivity contribution < 1.29 is 28.9 Å². The number of ketones is 1. The summed E-state index contributed by atoms with van der Waals surface area (Å²) < 4.78 is 16.7. The number of nitrogens with zero attached hydrogens (tertiary/aromatic N) is 1. The Bertz CT molecular complexity index is 1380. The highest BCUT2D eigenvalue weighted by atomic mass is 16.5. The molecule has 0 aliphatic carbocycles. The molecule has 204 valence electrons. The highest BCUT2D eigenvalue weighted by molar-refractivity contribution is 6.51. The van der Waals surface area contributed by atoms with Gasteiger partial charge in [0, 0.05) is 11.8 Å². The van der Waals surface area contributed by atoms with Crippen molar-refractivity contribution in [2.24, 2.45) is 0 Å². The zero-order chi connectivity index (χ0) is 28.3. The lowest BCUT2D eigenvalue weighted by molar-refractivity contribution is -0.132. The third-order valence-corrected chi connectivity index (χ3v) is 6.71. The van der Waals surface area contributed by atoms with E-state index >= 15 is 0 Å². The minimum atomic E-state index is -0.853. The number of carbonyl (C=O) groups is 2. The monoisotopic (exact) mass is 529 g/mol. The van der Waals surface area contributed by atoms with Crippen molar-refractivity contribution in [2.45, 2.75) is 46.1 Å². The number of hydrogen-bond donors (Lipinski definition) is 1. The normalized spacial score (nSPS) is 16.9. The molecule has 7 nitrogen and oxygen atoms in total. The summed E-state index contributed by atoms with van der Waals surface area (Å²) in [6.07, 6.45) is 0. The van der Waals surface area contributed by atoms with Crippen molar-refractivity contribution in [3.63, 3.8) is 0 Å². The summed E-state index contributed by atoms with van der Waals surface area (Å²) in [5.41, 5.74) is 2.54. The van der Waals surface area contributed by atoms with Gasteiger partial charge in [0.25, 0.3) is 11.7 Å². The number of methoxy groups -OCH3 is 1. The van der Waals surface area contributed by atoms with Crippen molar-refractivity contribution in [1.82, 2.24) is 0 Å². The van der Waals surface area contributed by atoms with E-state index in [0.29, 0.717) is 47.3 Å². The van der Waals surface area contributed by atoms with E-state index in [1.165, 1.54) is 4.90 Å². The molecule has 1 fully saturated rings. The zero-order valence-corrected chi connectivity index (χ0v) is 23.3. The molecule has 1 aliphatic rings. The van der Waals surface area contributed by atoms with Gasteiger partial charge < -0.3 is 19.3 Å². The maximum absolute atomic E-state index is 13.6. The standard InChI is InChI=1S/C32H35NO6/c1-7-38-24-17-18-25(26(19-24)39-8-2)29(34)27-28(20-9-11-21(12-10-20)32(3,4)5)33(31(36)30(27)35)22-13-15-23(37-6)16-14-22/h9-19,28,34H,7-8H2,1-6H3/b29-27-. The topological polar surface area (TPSA) is 85.3 Å². The molecule has 1 heterocycles. The maximum atomic E-state index is 13.6. The van der Waals surface area contributed by atoms with E-state index in [2.05, 4.69) is 20.8 Å². The quantitative estimate of drug-likeness (QED) is 0.206. The van der Waals surface area contributed by atoms with Crippen molar-refractivity contribution in [1.29, 1.82) is 0 Å². The third kappa shape index (κ3) is 5.48. The average molecular weight is 530 g/mol. The molecule has 1 unspecified atom stereocenters. The zero-order valence-electron chi connectivity index (χ0n) is 23.3. The van der Waals surface area contributed by atoms with Gasteiger partial charge in [-0.3, -0.25) is 14.5 Å². The first-order chi connectivity index (χ1) is 18.6. The first-order valence-electron chi connectivity index (χ1n) is 13.1. The molecule has 7 heteroatoms. The van der Waals surface area contributed by atoms with Crippen LogP contribution < -0.4 is 19.1 Å². The molecule has 1 aliphatic heterocycles. The van der Waals surface area contributed by atoms with Crippen LogP contribution in [0.25, 0.3) is 5.76 Å². The van der Waals surface area contributed by atoms with Gasteiger partial charge in [-0.1, -0.05) is 45.0 Å². The third-order valence-electron chi connectivity index (χ3n) is 6.71. The smallest absolute Gasteiger partial charge is 0.300 e. The Morgan fingerprint density at radius 3 is 2.05 bits per heavy atom. The first kappa shape index (κ1) is 27.8. The summed E-state index contributed by atoms with van der Waals surface area (Å²) in [6, 6.07) is 18.9. The lowest BCUT2D eigenvalue weighted by Gasteiger charge is -2.27. The van der Waals surface area contributed by atoms with E-state index in [0.717, 1.165) is 5.56 Å². The van der Waals surface area contributed by atoms with Gasteiger partial charge in [0.2, 0.25) is 0 Å². The Hall–Kier alpha value is -4.26. The van der Waals surface area contributed by atoms with Crippen molar-refractivity contribution in [3.8, 4) is 17.2 Å². The largest absolute Gasteiger partial charge is 0.507 e. The van der Waals surface area contributed by atoms with E-state index in [4.69, 9.17) is 14.2 Å². The van der Waals surface area contributed by atoms with Gasteiger partial charge in [0.05, 0.1) is 37.5 Å². The second kappa shape index (κ2) is 11.2. The predicted octanol–water partition coefficient (Wildman–Crippen LogP) is 6.42. The van der Waals surface area contributed by atoms with Crippen LogP contribution in [-0.4, -0.2) is 37.1 Å². The van der Waals surface area contributed by atoms with Crippen LogP contribution >= 0.6 is 0 Å². The Balaban J connectivity index is 1.93. The maximum Gasteiger partial charge on any atom is 0.300 e. The van der Waals surface area contributed by atoms with Gasteiger partial charge in [-0.2, -0.15) is 0 Å². The fraction of sp³-hybridized carbons (Fsp3) is 0.312. The summed E-state index contributed by atoms with van der Waals surface area (Å²) in [4.78, 5) is 28.5. The summed E-state index contributed by atoms with van der Waals surface area (Å²) in [5.74, 6) is -0.248. The van der Waals surface area contributed by atoms with Crippen LogP contribution in [0.5, 0.6) is 17.2 Å². The molecule has 1 saturated heterocycles. The number of Topliss-reactive ketones (excluding diaryl/α,β-unsaturated/α-hetero) is 1. The minimum Gasteiger partial charge on any atom is -0.507 e. The van der Waals surface area contributed by atoms with Gasteiger partial charge in [-0.15, -0.1) is 0 Å². The van der Waals surface area contributed by atoms with Gasteiger partial charge in [-0.25, -0.2) is 0 Å². The van der Waals surface area contributed by atoms with Crippen LogP contribution in [0.1, 0.15) is 57.4 Å². The molecule has 0 aromatic heterocycles. The van der Waals surface area contributed by atoms with E-state index in [-0.39, 0.29) is 16.7 Å². The molecular weight excluding hydrogens is 494 g/mol. The molecule has 0 saturated carbocycles. The molecule has 1 amide bonds. The van der Waals surface area contributed by atoms with Gasteiger partial charge in [-0.05, 0) is 66.8 Å². The van der Waals surface area contributed by atoms with Gasteiger partial charge >= 0.3 is 0 Å². The summed E-state index contributed by atoms with van der Waals surface area (Å²) in [7, 11) is 1.56. The lowest BCUT2D eigenvalue weighted by atomic mass is 9.85. The number of aliphatic hydroxyl groups is 1. The fourth-order valence-electron chi connectivity index (χ4n) is 4.70. The Morgan fingerprint density at radius 1 is 0.872 bits per heavy atom. The van der Waals surface area contributed by atoms with E-state index < -0.39 is 17.7 Å². The SMILES string of the molecule is CCOc1ccc(/C(O)=C2/C(=O)C(=O)N(c3ccc(OC)cc3)C2c2ccc(C(C)(C)C)cc2)c(OCC)c1. The molecule has 0 spiro atoms. The predicted molar refractivity (Wildman–Crippen MR) is 152 cm³/mol. The molecule has 1 atom stereocenters. The second-order valence-electron chi connectivity index (χ2n) is 10.3. The molecule has 4 rings (SSSR count). The van der Waals surface area contributed by atoms with Crippen LogP contribution in [0, 0.1) is 0 Å². The Kier molecular flexibility index (Phi) is 8.00. The van der Waals surface area contributed by atoms with Crippen LogP contribution in [-0.2, 0) is 15.0 Å². The molecule has 3 aromatic rings. The number of ether oxygens (including phenoxy) is 3. The van der Waals surface area contributed by atoms with Gasteiger partial charge in [0.1, 0.15) is 23.0 Å². The van der Waals surface area contributed by atoms with Crippen LogP contribution in [0.3, 0.4) is 0 Å². The minimum absolute atomic E-state index is 0.00978. The molecule has 0 bridgehead atoms. The van der Waals surface area contributed by atoms with Crippen molar-refractivity contribution >= 4 is 23.1 Å². The van der Waals surface area contributed by atoms with E-state index in [9.17, 15) is 14.7 Å². The molecule has 1 N–H and O–H groups in total.